The van der Waals surface area contributed by atoms with Gasteiger partial charge in [0.15, 0.2) is 0 Å². The van der Waals surface area contributed by atoms with Gasteiger partial charge in [-0.05, 0) is 37.7 Å². The molecule has 0 radical (unpaired) electrons. The van der Waals surface area contributed by atoms with E-state index >= 15 is 0 Å². The van der Waals surface area contributed by atoms with E-state index in [9.17, 15) is 0 Å². The standard InChI is InChI=1S/C21H38.2ClH.Zr/c1-3-5-7-9-11-13-16-20-18-15-19-21(20)17-14-12-10-8-6-4-2;;;/h15,18H,3-14,16-17,19H2,1-2H3;2*1H;/q;;;+2/p-2. The zero-order valence-corrected chi connectivity index (χ0v) is 20.0. The van der Waals surface area contributed by atoms with E-state index in [1.165, 1.54) is 96.3 Å². The predicted octanol–water partition coefficient (Wildman–Crippen LogP) is 1.75. The molecule has 0 spiro atoms. The third-order valence-corrected chi connectivity index (χ3v) is 4.77. The van der Waals surface area contributed by atoms with Crippen LogP contribution in [0.2, 0.25) is 0 Å². The second-order valence-corrected chi connectivity index (χ2v) is 6.77. The van der Waals surface area contributed by atoms with Crippen molar-refractivity contribution in [2.45, 2.75) is 110 Å². The number of hydrogen-bond donors (Lipinski definition) is 0. The first-order chi connectivity index (χ1) is 10.4. The smallest absolute Gasteiger partial charge is 1.00 e. The molecule has 1 rings (SSSR count). The molecule has 0 bridgehead atoms. The van der Waals surface area contributed by atoms with Crippen LogP contribution in [0, 0.1) is 0 Å². The van der Waals surface area contributed by atoms with Gasteiger partial charge in [-0.3, -0.25) is 0 Å². The molecule has 0 saturated heterocycles. The maximum Gasteiger partial charge on any atom is 2.00 e. The Bertz CT molecular complexity index is 311. The van der Waals surface area contributed by atoms with Gasteiger partial charge in [0, 0.05) is 0 Å². The van der Waals surface area contributed by atoms with Crippen LogP contribution < -0.4 is 24.8 Å². The molecule has 0 unspecified atom stereocenters. The van der Waals surface area contributed by atoms with Crippen LogP contribution in [0.4, 0.5) is 0 Å². The average Bonchev–Trinajstić information content (AvgIpc) is 2.94. The van der Waals surface area contributed by atoms with Crippen molar-refractivity contribution in [3.63, 3.8) is 0 Å². The molecule has 24 heavy (non-hydrogen) atoms. The van der Waals surface area contributed by atoms with Gasteiger partial charge in [0.1, 0.15) is 0 Å². The van der Waals surface area contributed by atoms with Crippen molar-refractivity contribution in [2.75, 3.05) is 0 Å². The van der Waals surface area contributed by atoms with Crippen molar-refractivity contribution < 1.29 is 51.0 Å². The maximum absolute atomic E-state index is 2.42. The summed E-state index contributed by atoms with van der Waals surface area (Å²) in [6.07, 6.45) is 25.8. The zero-order valence-electron chi connectivity index (χ0n) is 16.0. The molecule has 0 N–H and O–H groups in total. The molecule has 0 atom stereocenters. The zero-order chi connectivity index (χ0) is 15.2. The molecule has 1 aliphatic rings. The Morgan fingerprint density at radius 2 is 1.12 bits per heavy atom. The molecular formula is C21H38Cl2Zr. The molecule has 0 amide bonds. The van der Waals surface area contributed by atoms with Crippen LogP contribution in [0.25, 0.3) is 0 Å². The molecule has 0 aliphatic heterocycles. The molecule has 0 saturated carbocycles. The van der Waals surface area contributed by atoms with E-state index in [2.05, 4.69) is 26.0 Å². The summed E-state index contributed by atoms with van der Waals surface area (Å²) in [6.45, 7) is 4.59. The van der Waals surface area contributed by atoms with Crippen LogP contribution in [0.5, 0.6) is 0 Å². The number of halogens is 2. The number of unbranched alkanes of at least 4 members (excludes halogenated alkanes) is 10. The number of rotatable bonds is 14. The van der Waals surface area contributed by atoms with Crippen molar-refractivity contribution in [3.8, 4) is 0 Å². The van der Waals surface area contributed by atoms with E-state index in [0.29, 0.717) is 0 Å². The van der Waals surface area contributed by atoms with E-state index in [-0.39, 0.29) is 51.0 Å². The van der Waals surface area contributed by atoms with Gasteiger partial charge in [-0.25, -0.2) is 0 Å². The third kappa shape index (κ3) is 15.2. The Morgan fingerprint density at radius 3 is 1.67 bits per heavy atom. The Balaban J connectivity index is -0.00000147. The predicted molar refractivity (Wildman–Crippen MR) is 96.8 cm³/mol. The van der Waals surface area contributed by atoms with E-state index in [1.54, 1.807) is 11.1 Å². The first-order valence-corrected chi connectivity index (χ1v) is 9.76. The Morgan fingerprint density at radius 1 is 0.667 bits per heavy atom. The second kappa shape index (κ2) is 22.0. The van der Waals surface area contributed by atoms with Crippen molar-refractivity contribution in [2.24, 2.45) is 0 Å². The van der Waals surface area contributed by atoms with Gasteiger partial charge in [-0.15, -0.1) is 0 Å². The number of allylic oxidation sites excluding steroid dienone is 4. The quantitative estimate of drug-likeness (QED) is 0.352. The largest absolute Gasteiger partial charge is 2.00 e. The van der Waals surface area contributed by atoms with E-state index < -0.39 is 0 Å². The second-order valence-electron chi connectivity index (χ2n) is 6.77. The SMILES string of the molecule is CCCCCCCCC1=C(CCCCCCCC)CC=C1.[Cl-].[Cl-].[Zr+2]. The monoisotopic (exact) mass is 450 g/mol. The van der Waals surface area contributed by atoms with Crippen molar-refractivity contribution in [1.29, 1.82) is 0 Å². The summed E-state index contributed by atoms with van der Waals surface area (Å²) in [7, 11) is 0. The van der Waals surface area contributed by atoms with E-state index in [1.807, 2.05) is 0 Å². The van der Waals surface area contributed by atoms with Crippen LogP contribution in [-0.2, 0) is 26.2 Å². The van der Waals surface area contributed by atoms with Gasteiger partial charge in [0.2, 0.25) is 0 Å². The summed E-state index contributed by atoms with van der Waals surface area (Å²) >= 11 is 0. The van der Waals surface area contributed by atoms with Crippen LogP contribution >= 0.6 is 0 Å². The Hall–Kier alpha value is 0.943. The van der Waals surface area contributed by atoms with Crippen molar-refractivity contribution in [3.05, 3.63) is 23.3 Å². The first-order valence-electron chi connectivity index (χ1n) is 9.76. The fourth-order valence-electron chi connectivity index (χ4n) is 3.33. The average molecular weight is 453 g/mol. The van der Waals surface area contributed by atoms with Crippen molar-refractivity contribution >= 4 is 0 Å². The van der Waals surface area contributed by atoms with E-state index in [0.717, 1.165) is 0 Å². The molecule has 0 fully saturated rings. The normalized spacial score (nSPS) is 12.6. The third-order valence-electron chi connectivity index (χ3n) is 4.77. The molecule has 140 valence electrons. The number of hydrogen-bond acceptors (Lipinski definition) is 0. The van der Waals surface area contributed by atoms with Gasteiger partial charge in [-0.1, -0.05) is 95.8 Å². The molecule has 0 aromatic heterocycles. The van der Waals surface area contributed by atoms with Gasteiger partial charge in [0.25, 0.3) is 0 Å². The minimum absolute atomic E-state index is 0. The van der Waals surface area contributed by atoms with Crippen LogP contribution in [0.15, 0.2) is 23.3 Å². The topological polar surface area (TPSA) is 0 Å². The van der Waals surface area contributed by atoms with E-state index in [4.69, 9.17) is 0 Å². The molecule has 0 nitrogen and oxygen atoms in total. The molecular weight excluding hydrogens is 414 g/mol. The van der Waals surface area contributed by atoms with Gasteiger partial charge in [0.05, 0.1) is 0 Å². The van der Waals surface area contributed by atoms with Gasteiger partial charge >= 0.3 is 26.2 Å². The molecule has 3 heteroatoms. The van der Waals surface area contributed by atoms with Gasteiger partial charge in [-0.2, -0.15) is 0 Å². The maximum atomic E-state index is 2.42. The minimum Gasteiger partial charge on any atom is -1.00 e. The van der Waals surface area contributed by atoms with Crippen LogP contribution in [0.1, 0.15) is 110 Å². The van der Waals surface area contributed by atoms with Crippen molar-refractivity contribution in [1.82, 2.24) is 0 Å². The molecule has 1 aliphatic carbocycles. The van der Waals surface area contributed by atoms with Gasteiger partial charge < -0.3 is 24.8 Å². The molecule has 0 aromatic rings. The Labute approximate surface area is 183 Å². The molecule has 0 heterocycles. The summed E-state index contributed by atoms with van der Waals surface area (Å²) in [5, 5.41) is 0. The molecule has 0 aromatic carbocycles. The summed E-state index contributed by atoms with van der Waals surface area (Å²) in [5.74, 6) is 0. The van der Waals surface area contributed by atoms with Crippen LogP contribution in [0.3, 0.4) is 0 Å². The summed E-state index contributed by atoms with van der Waals surface area (Å²) in [4.78, 5) is 0. The summed E-state index contributed by atoms with van der Waals surface area (Å²) < 4.78 is 0. The fourth-order valence-corrected chi connectivity index (χ4v) is 3.33. The summed E-state index contributed by atoms with van der Waals surface area (Å²) in [6, 6.07) is 0. The first kappa shape index (κ1) is 29.7. The van der Waals surface area contributed by atoms with Crippen LogP contribution in [-0.4, -0.2) is 0 Å². The summed E-state index contributed by atoms with van der Waals surface area (Å²) in [5.41, 5.74) is 3.46. The minimum atomic E-state index is 0. The Kier molecular flexibility index (Phi) is 27.2. The fraction of sp³-hybridized carbons (Fsp3) is 0.810.